The molecule has 2 saturated carbocycles. The van der Waals surface area contributed by atoms with Crippen molar-refractivity contribution in [3.8, 4) is 10.6 Å². The molecule has 2 aliphatic rings. The van der Waals surface area contributed by atoms with Crippen LogP contribution in [0.3, 0.4) is 0 Å². The Kier molecular flexibility index (Phi) is 3.59. The summed E-state index contributed by atoms with van der Waals surface area (Å²) in [7, 11) is 0. The number of thiazole rings is 1. The van der Waals surface area contributed by atoms with Crippen molar-refractivity contribution in [3.63, 3.8) is 0 Å². The van der Waals surface area contributed by atoms with Gasteiger partial charge in [0.25, 0.3) is 0 Å². The monoisotopic (exact) mass is 366 g/mol. The highest BCUT2D eigenvalue weighted by molar-refractivity contribution is 9.10. The molecule has 0 spiro atoms. The molecule has 1 heterocycles. The lowest BCUT2D eigenvalue weighted by Crippen LogP contribution is -2.15. The molecule has 5 heteroatoms. The highest BCUT2D eigenvalue weighted by Crippen LogP contribution is 2.45. The van der Waals surface area contributed by atoms with Gasteiger partial charge in [0.1, 0.15) is 10.8 Å². The number of hydrogen-bond acceptors (Lipinski definition) is 3. The molecule has 4 rings (SSSR count). The van der Waals surface area contributed by atoms with E-state index in [9.17, 15) is 4.39 Å². The van der Waals surface area contributed by atoms with Crippen molar-refractivity contribution in [3.05, 3.63) is 39.1 Å². The van der Waals surface area contributed by atoms with Gasteiger partial charge in [0.2, 0.25) is 0 Å². The molecule has 110 valence electrons. The predicted octanol–water partition coefficient (Wildman–Crippen LogP) is 4.84. The van der Waals surface area contributed by atoms with E-state index in [1.807, 2.05) is 6.07 Å². The summed E-state index contributed by atoms with van der Waals surface area (Å²) in [5.41, 5.74) is 2.25. The molecule has 2 aliphatic carbocycles. The standard InChI is InChI=1S/C16H16BrFN2S/c17-13-7-10(18)3-6-12(13)16-20-15(9-1-2-9)14(21-16)8-19-11-4-5-11/h3,6-7,9,11,19H,1-2,4-5,8H2. The maximum absolute atomic E-state index is 13.2. The number of nitrogens with one attached hydrogen (secondary N) is 1. The van der Waals surface area contributed by atoms with Gasteiger partial charge in [-0.05, 0) is 59.8 Å². The number of halogens is 2. The number of benzene rings is 1. The number of hydrogen-bond donors (Lipinski definition) is 1. The summed E-state index contributed by atoms with van der Waals surface area (Å²) < 4.78 is 14.0. The second-order valence-corrected chi connectivity index (χ2v) is 7.82. The summed E-state index contributed by atoms with van der Waals surface area (Å²) in [6.45, 7) is 0.924. The Hall–Kier alpha value is -0.780. The van der Waals surface area contributed by atoms with Gasteiger partial charge in [-0.3, -0.25) is 0 Å². The lowest BCUT2D eigenvalue weighted by Gasteiger charge is -2.01. The zero-order chi connectivity index (χ0) is 14.4. The SMILES string of the molecule is Fc1ccc(-c2nc(C3CC3)c(CNC3CC3)s2)c(Br)c1. The van der Waals surface area contributed by atoms with Crippen LogP contribution in [0.4, 0.5) is 4.39 Å². The average molecular weight is 367 g/mol. The third-order valence-corrected chi connectivity index (χ3v) is 5.74. The van der Waals surface area contributed by atoms with E-state index in [-0.39, 0.29) is 5.82 Å². The lowest BCUT2D eigenvalue weighted by molar-refractivity contribution is 0.627. The Labute approximate surface area is 135 Å². The molecule has 1 aromatic heterocycles. The predicted molar refractivity (Wildman–Crippen MR) is 87.0 cm³/mol. The highest BCUT2D eigenvalue weighted by Gasteiger charge is 2.31. The van der Waals surface area contributed by atoms with Gasteiger partial charge in [0.05, 0.1) is 5.69 Å². The zero-order valence-electron chi connectivity index (χ0n) is 11.5. The normalized spacial score (nSPS) is 18.2. The van der Waals surface area contributed by atoms with Crippen molar-refractivity contribution < 1.29 is 4.39 Å². The fourth-order valence-corrected chi connectivity index (χ4v) is 4.28. The smallest absolute Gasteiger partial charge is 0.125 e. The average Bonchev–Trinajstić information content (AvgIpc) is 3.36. The fraction of sp³-hybridized carbons (Fsp3) is 0.438. The molecular formula is C16H16BrFN2S. The van der Waals surface area contributed by atoms with Gasteiger partial charge < -0.3 is 5.32 Å². The van der Waals surface area contributed by atoms with Crippen LogP contribution in [0.5, 0.6) is 0 Å². The first-order valence-electron chi connectivity index (χ1n) is 7.39. The third-order valence-electron chi connectivity index (χ3n) is 3.98. The summed E-state index contributed by atoms with van der Waals surface area (Å²) in [5.74, 6) is 0.422. The molecule has 0 atom stereocenters. The Morgan fingerprint density at radius 3 is 2.76 bits per heavy atom. The summed E-state index contributed by atoms with van der Waals surface area (Å²) >= 11 is 5.20. The van der Waals surface area contributed by atoms with Crippen LogP contribution in [0, 0.1) is 5.82 Å². The van der Waals surface area contributed by atoms with Crippen molar-refractivity contribution in [2.24, 2.45) is 0 Å². The summed E-state index contributed by atoms with van der Waals surface area (Å²) in [6, 6.07) is 5.53. The zero-order valence-corrected chi connectivity index (χ0v) is 13.9. The molecular weight excluding hydrogens is 351 g/mol. The molecule has 2 aromatic rings. The first-order chi connectivity index (χ1) is 10.2. The van der Waals surface area contributed by atoms with Crippen LogP contribution in [0.2, 0.25) is 0 Å². The fourth-order valence-electron chi connectivity index (χ4n) is 2.47. The first kappa shape index (κ1) is 13.9. The molecule has 2 nitrogen and oxygen atoms in total. The molecule has 0 aliphatic heterocycles. The minimum absolute atomic E-state index is 0.222. The molecule has 0 bridgehead atoms. The minimum Gasteiger partial charge on any atom is -0.309 e. The van der Waals surface area contributed by atoms with E-state index in [1.54, 1.807) is 11.3 Å². The maximum atomic E-state index is 13.2. The van der Waals surface area contributed by atoms with Crippen LogP contribution < -0.4 is 5.32 Å². The van der Waals surface area contributed by atoms with E-state index in [4.69, 9.17) is 4.98 Å². The summed E-state index contributed by atoms with van der Waals surface area (Å²) in [4.78, 5) is 6.21. The Morgan fingerprint density at radius 1 is 1.29 bits per heavy atom. The third kappa shape index (κ3) is 3.05. The van der Waals surface area contributed by atoms with Crippen molar-refractivity contribution in [2.75, 3.05) is 0 Å². The molecule has 0 radical (unpaired) electrons. The van der Waals surface area contributed by atoms with Gasteiger partial charge in [0.15, 0.2) is 0 Å². The van der Waals surface area contributed by atoms with Gasteiger partial charge >= 0.3 is 0 Å². The van der Waals surface area contributed by atoms with Crippen LogP contribution in [0.1, 0.15) is 42.2 Å². The molecule has 1 N–H and O–H groups in total. The minimum atomic E-state index is -0.222. The van der Waals surface area contributed by atoms with Crippen LogP contribution in [-0.4, -0.2) is 11.0 Å². The van der Waals surface area contributed by atoms with Crippen molar-refractivity contribution in [1.29, 1.82) is 0 Å². The van der Waals surface area contributed by atoms with Gasteiger partial charge in [-0.15, -0.1) is 11.3 Å². The molecule has 0 amide bonds. The highest BCUT2D eigenvalue weighted by atomic mass is 79.9. The molecule has 1 aromatic carbocycles. The Morgan fingerprint density at radius 2 is 2.10 bits per heavy atom. The van der Waals surface area contributed by atoms with Crippen LogP contribution in [0.15, 0.2) is 22.7 Å². The van der Waals surface area contributed by atoms with E-state index in [0.29, 0.717) is 12.0 Å². The van der Waals surface area contributed by atoms with E-state index in [2.05, 4.69) is 21.2 Å². The molecule has 0 saturated heterocycles. The summed E-state index contributed by atoms with van der Waals surface area (Å²) in [5, 5.41) is 4.58. The van der Waals surface area contributed by atoms with Gasteiger partial charge in [-0.1, -0.05) is 0 Å². The van der Waals surface area contributed by atoms with Crippen molar-refractivity contribution in [2.45, 2.75) is 44.2 Å². The largest absolute Gasteiger partial charge is 0.309 e. The van der Waals surface area contributed by atoms with E-state index in [1.165, 1.54) is 48.4 Å². The van der Waals surface area contributed by atoms with Crippen molar-refractivity contribution >= 4 is 27.3 Å². The van der Waals surface area contributed by atoms with Gasteiger partial charge in [-0.2, -0.15) is 0 Å². The van der Waals surface area contributed by atoms with Gasteiger partial charge in [-0.25, -0.2) is 9.37 Å². The molecule has 2 fully saturated rings. The van der Waals surface area contributed by atoms with Gasteiger partial charge in [0, 0.05) is 33.4 Å². The number of rotatable bonds is 5. The van der Waals surface area contributed by atoms with Crippen molar-refractivity contribution in [1.82, 2.24) is 10.3 Å². The maximum Gasteiger partial charge on any atom is 0.125 e. The Balaban J connectivity index is 1.66. The number of nitrogens with zero attached hydrogens (tertiary/aromatic N) is 1. The molecule has 0 unspecified atom stereocenters. The van der Waals surface area contributed by atoms with Crippen LogP contribution >= 0.6 is 27.3 Å². The first-order valence-corrected chi connectivity index (χ1v) is 9.00. The summed E-state index contributed by atoms with van der Waals surface area (Å²) in [6.07, 6.45) is 5.11. The quantitative estimate of drug-likeness (QED) is 0.818. The van der Waals surface area contributed by atoms with Crippen LogP contribution in [-0.2, 0) is 6.54 Å². The second kappa shape index (κ2) is 5.45. The van der Waals surface area contributed by atoms with E-state index < -0.39 is 0 Å². The van der Waals surface area contributed by atoms with Crippen LogP contribution in [0.25, 0.3) is 10.6 Å². The number of aromatic nitrogens is 1. The van der Waals surface area contributed by atoms with E-state index >= 15 is 0 Å². The topological polar surface area (TPSA) is 24.9 Å². The molecule has 21 heavy (non-hydrogen) atoms. The lowest BCUT2D eigenvalue weighted by atomic mass is 10.2. The second-order valence-electron chi connectivity index (χ2n) is 5.88. The van der Waals surface area contributed by atoms with E-state index in [0.717, 1.165) is 21.6 Å². The Bertz CT molecular complexity index is 677.